The molecular formula is C22H28N2O2. The average Bonchev–Trinajstić information content (AvgIpc) is 3.48. The van der Waals surface area contributed by atoms with Crippen molar-refractivity contribution in [2.45, 2.75) is 38.8 Å². The quantitative estimate of drug-likeness (QED) is 0.753. The summed E-state index contributed by atoms with van der Waals surface area (Å²) in [7, 11) is 1.69. The van der Waals surface area contributed by atoms with E-state index in [-0.39, 0.29) is 5.91 Å². The summed E-state index contributed by atoms with van der Waals surface area (Å²) in [6, 6.07) is 16.9. The standard InChI is InChI=1S/C22H28N2O2/c1-17-7-3-4-8-18(17)13-14-23-22(25)16-24(20-11-12-20)15-19-9-5-6-10-21(19)26-2/h3-10,20H,11-16H2,1-2H3,(H,23,25). The summed E-state index contributed by atoms with van der Waals surface area (Å²) in [5, 5.41) is 3.07. The lowest BCUT2D eigenvalue weighted by Crippen LogP contribution is -2.38. The van der Waals surface area contributed by atoms with Gasteiger partial charge in [0.1, 0.15) is 5.75 Å². The Kier molecular flexibility index (Phi) is 6.29. The van der Waals surface area contributed by atoms with E-state index in [1.165, 1.54) is 24.0 Å². The Labute approximate surface area is 156 Å². The van der Waals surface area contributed by atoms with Crippen molar-refractivity contribution in [2.75, 3.05) is 20.2 Å². The summed E-state index contributed by atoms with van der Waals surface area (Å²) in [4.78, 5) is 14.7. The van der Waals surface area contributed by atoms with Crippen LogP contribution < -0.4 is 10.1 Å². The van der Waals surface area contributed by atoms with Crippen LogP contribution in [0.1, 0.15) is 29.5 Å². The maximum absolute atomic E-state index is 12.4. The molecule has 138 valence electrons. The van der Waals surface area contributed by atoms with Crippen molar-refractivity contribution in [2.24, 2.45) is 0 Å². The van der Waals surface area contributed by atoms with Gasteiger partial charge in [-0.15, -0.1) is 0 Å². The van der Waals surface area contributed by atoms with Crippen LogP contribution in [0.2, 0.25) is 0 Å². The summed E-state index contributed by atoms with van der Waals surface area (Å²) in [6.07, 6.45) is 3.21. The van der Waals surface area contributed by atoms with Crippen molar-refractivity contribution in [1.29, 1.82) is 0 Å². The average molecular weight is 352 g/mol. The fourth-order valence-electron chi connectivity index (χ4n) is 3.27. The van der Waals surface area contributed by atoms with E-state index >= 15 is 0 Å². The molecule has 0 unspecified atom stereocenters. The van der Waals surface area contributed by atoms with Crippen molar-refractivity contribution in [3.63, 3.8) is 0 Å². The molecule has 1 aliphatic carbocycles. The lowest BCUT2D eigenvalue weighted by atomic mass is 10.1. The van der Waals surface area contributed by atoms with Crippen LogP contribution in [0.15, 0.2) is 48.5 Å². The molecule has 0 spiro atoms. The Balaban J connectivity index is 1.51. The summed E-state index contributed by atoms with van der Waals surface area (Å²) < 4.78 is 5.45. The maximum Gasteiger partial charge on any atom is 0.234 e. The highest BCUT2D eigenvalue weighted by atomic mass is 16.5. The molecule has 4 heteroatoms. The zero-order valence-corrected chi connectivity index (χ0v) is 15.7. The second-order valence-electron chi connectivity index (χ2n) is 6.97. The van der Waals surface area contributed by atoms with Gasteiger partial charge in [-0.2, -0.15) is 0 Å². The van der Waals surface area contributed by atoms with Gasteiger partial charge in [-0.25, -0.2) is 0 Å². The van der Waals surface area contributed by atoms with Gasteiger partial charge in [-0.1, -0.05) is 42.5 Å². The number of nitrogens with one attached hydrogen (secondary N) is 1. The monoisotopic (exact) mass is 352 g/mol. The van der Waals surface area contributed by atoms with E-state index in [0.29, 0.717) is 19.1 Å². The van der Waals surface area contributed by atoms with Gasteiger partial charge in [-0.3, -0.25) is 9.69 Å². The number of rotatable bonds is 9. The third-order valence-corrected chi connectivity index (χ3v) is 4.95. The van der Waals surface area contributed by atoms with Crippen molar-refractivity contribution < 1.29 is 9.53 Å². The molecule has 1 aliphatic rings. The fraction of sp³-hybridized carbons (Fsp3) is 0.409. The third kappa shape index (κ3) is 5.09. The minimum absolute atomic E-state index is 0.0976. The second-order valence-corrected chi connectivity index (χ2v) is 6.97. The van der Waals surface area contributed by atoms with Crippen molar-refractivity contribution in [1.82, 2.24) is 10.2 Å². The topological polar surface area (TPSA) is 41.6 Å². The first-order valence-electron chi connectivity index (χ1n) is 9.34. The fourth-order valence-corrected chi connectivity index (χ4v) is 3.27. The van der Waals surface area contributed by atoms with Gasteiger partial charge >= 0.3 is 0 Å². The van der Waals surface area contributed by atoms with E-state index in [0.717, 1.165) is 24.3 Å². The van der Waals surface area contributed by atoms with Gasteiger partial charge in [0, 0.05) is 24.7 Å². The zero-order chi connectivity index (χ0) is 18.4. The van der Waals surface area contributed by atoms with E-state index in [9.17, 15) is 4.79 Å². The van der Waals surface area contributed by atoms with Crippen LogP contribution in [0.5, 0.6) is 5.75 Å². The van der Waals surface area contributed by atoms with Crippen LogP contribution in [0.4, 0.5) is 0 Å². The molecule has 2 aromatic rings. The van der Waals surface area contributed by atoms with Crippen molar-refractivity contribution in [3.05, 3.63) is 65.2 Å². The van der Waals surface area contributed by atoms with E-state index in [1.54, 1.807) is 7.11 Å². The first-order chi connectivity index (χ1) is 12.7. The van der Waals surface area contributed by atoms with Crippen LogP contribution in [-0.4, -0.2) is 37.0 Å². The van der Waals surface area contributed by atoms with Gasteiger partial charge in [0.25, 0.3) is 0 Å². The van der Waals surface area contributed by atoms with Gasteiger partial charge in [0.05, 0.1) is 13.7 Å². The first kappa shape index (κ1) is 18.5. The number of aryl methyl sites for hydroxylation is 1. The highest BCUT2D eigenvalue weighted by Gasteiger charge is 2.30. The van der Waals surface area contributed by atoms with Crippen LogP contribution in [-0.2, 0) is 17.8 Å². The molecule has 0 heterocycles. The summed E-state index contributed by atoms with van der Waals surface area (Å²) in [6.45, 7) is 3.98. The zero-order valence-electron chi connectivity index (χ0n) is 15.7. The molecule has 0 bridgehead atoms. The number of hydrogen-bond acceptors (Lipinski definition) is 3. The summed E-state index contributed by atoms with van der Waals surface area (Å²) in [5.41, 5.74) is 3.70. The third-order valence-electron chi connectivity index (χ3n) is 4.95. The molecule has 1 fully saturated rings. The van der Waals surface area contributed by atoms with E-state index in [4.69, 9.17) is 4.74 Å². The Morgan fingerprint density at radius 1 is 1.12 bits per heavy atom. The molecule has 4 nitrogen and oxygen atoms in total. The van der Waals surface area contributed by atoms with E-state index in [1.807, 2.05) is 30.3 Å². The van der Waals surface area contributed by atoms with Crippen molar-refractivity contribution >= 4 is 5.91 Å². The number of para-hydroxylation sites is 1. The van der Waals surface area contributed by atoms with E-state index in [2.05, 4.69) is 35.3 Å². The number of methoxy groups -OCH3 is 1. The van der Waals surface area contributed by atoms with E-state index < -0.39 is 0 Å². The molecule has 2 aromatic carbocycles. The predicted molar refractivity (Wildman–Crippen MR) is 104 cm³/mol. The maximum atomic E-state index is 12.4. The van der Waals surface area contributed by atoms with Gasteiger partial charge in [-0.05, 0) is 43.4 Å². The van der Waals surface area contributed by atoms with Crippen LogP contribution in [0.25, 0.3) is 0 Å². The van der Waals surface area contributed by atoms with Gasteiger partial charge < -0.3 is 10.1 Å². The number of hydrogen-bond donors (Lipinski definition) is 1. The number of benzene rings is 2. The van der Waals surface area contributed by atoms with Gasteiger partial charge in [0.2, 0.25) is 5.91 Å². The highest BCUT2D eigenvalue weighted by molar-refractivity contribution is 5.78. The Morgan fingerprint density at radius 3 is 2.50 bits per heavy atom. The molecule has 0 aliphatic heterocycles. The molecule has 0 aromatic heterocycles. The Hall–Kier alpha value is -2.33. The van der Waals surface area contributed by atoms with Crippen LogP contribution in [0.3, 0.4) is 0 Å². The number of amides is 1. The molecular weight excluding hydrogens is 324 g/mol. The molecule has 3 rings (SSSR count). The highest BCUT2D eigenvalue weighted by Crippen LogP contribution is 2.30. The SMILES string of the molecule is COc1ccccc1CN(CC(=O)NCCc1ccccc1C)C1CC1. The molecule has 0 radical (unpaired) electrons. The minimum atomic E-state index is 0.0976. The number of nitrogens with zero attached hydrogens (tertiary/aromatic N) is 1. The summed E-state index contributed by atoms with van der Waals surface area (Å²) >= 11 is 0. The lowest BCUT2D eigenvalue weighted by Gasteiger charge is -2.22. The molecule has 26 heavy (non-hydrogen) atoms. The second kappa shape index (κ2) is 8.86. The van der Waals surface area contributed by atoms with Crippen LogP contribution in [0, 0.1) is 6.92 Å². The molecule has 1 amide bonds. The molecule has 0 saturated heterocycles. The Morgan fingerprint density at radius 2 is 1.81 bits per heavy atom. The molecule has 1 saturated carbocycles. The lowest BCUT2D eigenvalue weighted by molar-refractivity contribution is -0.122. The largest absolute Gasteiger partial charge is 0.496 e. The number of carbonyl (C=O) groups excluding carboxylic acids is 1. The minimum Gasteiger partial charge on any atom is -0.496 e. The predicted octanol–water partition coefficient (Wildman–Crippen LogP) is 3.33. The normalized spacial score (nSPS) is 13.7. The van der Waals surface area contributed by atoms with Crippen LogP contribution >= 0.6 is 0 Å². The Bertz CT molecular complexity index is 740. The van der Waals surface area contributed by atoms with Crippen molar-refractivity contribution in [3.8, 4) is 5.75 Å². The summed E-state index contributed by atoms with van der Waals surface area (Å²) in [5.74, 6) is 0.985. The van der Waals surface area contributed by atoms with Gasteiger partial charge in [0.15, 0.2) is 0 Å². The number of ether oxygens (including phenoxy) is 1. The first-order valence-corrected chi connectivity index (χ1v) is 9.34. The smallest absolute Gasteiger partial charge is 0.234 e. The molecule has 0 atom stereocenters. The molecule has 1 N–H and O–H groups in total. The number of carbonyl (C=O) groups is 1.